The normalized spacial score (nSPS) is 13.3. The molecule has 9 heteroatoms. The number of methoxy groups -OCH3 is 1. The number of amides is 2. The Hall–Kier alpha value is -3.07. The van der Waals surface area contributed by atoms with Gasteiger partial charge in [0.2, 0.25) is 0 Å². The van der Waals surface area contributed by atoms with Crippen LogP contribution in [0.4, 0.5) is 18.9 Å². The monoisotopic (exact) mass is 410 g/mol. The minimum atomic E-state index is -4.49. The molecule has 2 amide bonds. The van der Waals surface area contributed by atoms with Crippen molar-refractivity contribution in [2.75, 3.05) is 19.0 Å². The molecule has 0 aliphatic heterocycles. The van der Waals surface area contributed by atoms with Gasteiger partial charge in [-0.3, -0.25) is 9.59 Å². The largest absolute Gasteiger partial charge is 0.497 e. The maximum Gasteiger partial charge on any atom is 0.416 e. The van der Waals surface area contributed by atoms with Crippen LogP contribution in [-0.2, 0) is 22.2 Å². The van der Waals surface area contributed by atoms with Crippen molar-refractivity contribution >= 4 is 17.5 Å². The van der Waals surface area contributed by atoms with E-state index in [4.69, 9.17) is 4.74 Å². The van der Waals surface area contributed by atoms with Crippen molar-refractivity contribution in [2.24, 2.45) is 0 Å². The van der Waals surface area contributed by atoms with Crippen molar-refractivity contribution in [3.05, 3.63) is 59.7 Å². The van der Waals surface area contributed by atoms with E-state index in [9.17, 15) is 27.9 Å². The van der Waals surface area contributed by atoms with Gasteiger partial charge in [-0.25, -0.2) is 0 Å². The van der Waals surface area contributed by atoms with Crippen molar-refractivity contribution in [1.29, 1.82) is 0 Å². The Morgan fingerprint density at radius 2 is 1.59 bits per heavy atom. The summed E-state index contributed by atoms with van der Waals surface area (Å²) in [5.41, 5.74) is -1.34. The van der Waals surface area contributed by atoms with Crippen LogP contribution in [0.15, 0.2) is 48.5 Å². The zero-order chi connectivity index (χ0) is 21.7. The summed E-state index contributed by atoms with van der Waals surface area (Å²) in [4.78, 5) is 23.8. The molecule has 1 unspecified atom stereocenters. The van der Waals surface area contributed by atoms with Gasteiger partial charge in [-0.1, -0.05) is 12.1 Å². The van der Waals surface area contributed by atoms with E-state index in [1.165, 1.54) is 14.0 Å². The molecule has 6 nitrogen and oxygen atoms in total. The molecule has 0 saturated carbocycles. The fourth-order valence-corrected chi connectivity index (χ4v) is 2.53. The summed E-state index contributed by atoms with van der Waals surface area (Å²) in [6.45, 7) is 1.31. The van der Waals surface area contributed by atoms with Crippen molar-refractivity contribution < 1.29 is 32.6 Å². The van der Waals surface area contributed by atoms with Gasteiger partial charge < -0.3 is 20.5 Å². The highest BCUT2D eigenvalue weighted by Gasteiger charge is 2.30. The molecule has 2 rings (SSSR count). The average molecular weight is 410 g/mol. The molecule has 2 aromatic rings. The van der Waals surface area contributed by atoms with Gasteiger partial charge in [0.25, 0.3) is 0 Å². The number of rotatable bonds is 6. The number of hydrogen-bond donors (Lipinski definition) is 3. The molecule has 0 saturated heterocycles. The number of alkyl halides is 3. The highest BCUT2D eigenvalue weighted by Crippen LogP contribution is 2.29. The van der Waals surface area contributed by atoms with Gasteiger partial charge in [0.1, 0.15) is 5.75 Å². The fraction of sp³-hybridized carbons (Fsp3) is 0.300. The Labute approximate surface area is 165 Å². The van der Waals surface area contributed by atoms with Gasteiger partial charge in [-0.15, -0.1) is 0 Å². The third kappa shape index (κ3) is 6.79. The third-order valence-corrected chi connectivity index (χ3v) is 4.05. The summed E-state index contributed by atoms with van der Waals surface area (Å²) in [5, 5.41) is 15.0. The van der Waals surface area contributed by atoms with Crippen LogP contribution in [0.5, 0.6) is 5.75 Å². The second-order valence-electron chi connectivity index (χ2n) is 6.73. The molecular weight excluding hydrogens is 389 g/mol. The van der Waals surface area contributed by atoms with Gasteiger partial charge in [-0.05, 0) is 48.9 Å². The predicted molar refractivity (Wildman–Crippen MR) is 100 cm³/mol. The molecule has 0 aromatic heterocycles. The van der Waals surface area contributed by atoms with Crippen LogP contribution < -0.4 is 15.4 Å². The van der Waals surface area contributed by atoms with E-state index in [-0.39, 0.29) is 18.7 Å². The molecule has 0 radical (unpaired) electrons. The summed E-state index contributed by atoms with van der Waals surface area (Å²) >= 11 is 0. The van der Waals surface area contributed by atoms with E-state index >= 15 is 0 Å². The van der Waals surface area contributed by atoms with Crippen LogP contribution in [0, 0.1) is 0 Å². The Kier molecular flexibility index (Phi) is 6.86. The Morgan fingerprint density at radius 1 is 1.00 bits per heavy atom. The molecule has 0 heterocycles. The maximum atomic E-state index is 12.5. The van der Waals surface area contributed by atoms with Crippen LogP contribution in [-0.4, -0.2) is 36.2 Å². The van der Waals surface area contributed by atoms with Crippen LogP contribution in [0.25, 0.3) is 0 Å². The molecule has 29 heavy (non-hydrogen) atoms. The zero-order valence-corrected chi connectivity index (χ0v) is 15.8. The minimum absolute atomic E-state index is 0.0446. The molecule has 2 aromatic carbocycles. The summed E-state index contributed by atoms with van der Waals surface area (Å²) in [6.07, 6.45) is -4.27. The molecule has 3 N–H and O–H groups in total. The number of halogens is 3. The number of ether oxygens (including phenoxy) is 1. The topological polar surface area (TPSA) is 87.7 Å². The average Bonchev–Trinajstić information content (AvgIpc) is 2.66. The van der Waals surface area contributed by atoms with Crippen molar-refractivity contribution in [1.82, 2.24) is 5.32 Å². The molecule has 1 atom stereocenters. The first-order valence-corrected chi connectivity index (χ1v) is 8.62. The smallest absolute Gasteiger partial charge is 0.416 e. The molecule has 0 bridgehead atoms. The predicted octanol–water partition coefficient (Wildman–Crippen LogP) is 2.76. The number of carbonyl (C=O) groups is 2. The lowest BCUT2D eigenvalue weighted by atomic mass is 9.96. The summed E-state index contributed by atoms with van der Waals surface area (Å²) in [5.74, 6) is -1.40. The fourth-order valence-electron chi connectivity index (χ4n) is 2.53. The molecule has 156 valence electrons. The second-order valence-corrected chi connectivity index (χ2v) is 6.73. The van der Waals surface area contributed by atoms with Gasteiger partial charge in [-0.2, -0.15) is 13.2 Å². The summed E-state index contributed by atoms with van der Waals surface area (Å²) in [7, 11) is 1.54. The Morgan fingerprint density at radius 3 is 2.10 bits per heavy atom. The first kappa shape index (κ1) is 22.2. The number of nitrogens with one attached hydrogen (secondary N) is 2. The van der Waals surface area contributed by atoms with Gasteiger partial charge in [0.15, 0.2) is 0 Å². The van der Waals surface area contributed by atoms with E-state index in [0.717, 1.165) is 29.8 Å². The highest BCUT2D eigenvalue weighted by atomic mass is 19.4. The van der Waals surface area contributed by atoms with E-state index in [1.807, 2.05) is 0 Å². The first-order valence-electron chi connectivity index (χ1n) is 8.62. The second kappa shape index (κ2) is 8.95. The quantitative estimate of drug-likeness (QED) is 0.639. The van der Waals surface area contributed by atoms with E-state index in [0.29, 0.717) is 5.75 Å². The first-order chi connectivity index (χ1) is 13.5. The molecule has 0 spiro atoms. The lowest BCUT2D eigenvalue weighted by molar-refractivity contribution is -0.137. The van der Waals surface area contributed by atoms with Crippen LogP contribution >= 0.6 is 0 Å². The number of aliphatic hydroxyl groups is 1. The van der Waals surface area contributed by atoms with Crippen molar-refractivity contribution in [3.8, 4) is 5.75 Å². The lowest BCUT2D eigenvalue weighted by Gasteiger charge is -2.23. The number of benzene rings is 2. The minimum Gasteiger partial charge on any atom is -0.497 e. The van der Waals surface area contributed by atoms with Crippen molar-refractivity contribution in [3.63, 3.8) is 0 Å². The molecule has 0 aliphatic rings. The summed E-state index contributed by atoms with van der Waals surface area (Å²) < 4.78 is 42.7. The van der Waals surface area contributed by atoms with Crippen LogP contribution in [0.2, 0.25) is 0 Å². The van der Waals surface area contributed by atoms with Crippen molar-refractivity contribution in [2.45, 2.75) is 25.1 Å². The van der Waals surface area contributed by atoms with Gasteiger partial charge in [0, 0.05) is 18.7 Å². The highest BCUT2D eigenvalue weighted by molar-refractivity contribution is 6.39. The van der Waals surface area contributed by atoms with E-state index < -0.39 is 29.2 Å². The number of hydrogen-bond acceptors (Lipinski definition) is 4. The third-order valence-electron chi connectivity index (χ3n) is 4.05. The number of anilines is 1. The van der Waals surface area contributed by atoms with Gasteiger partial charge >= 0.3 is 18.0 Å². The lowest BCUT2D eigenvalue weighted by Crippen LogP contribution is -2.45. The van der Waals surface area contributed by atoms with E-state index in [1.54, 1.807) is 24.3 Å². The Balaban J connectivity index is 1.87. The molecular formula is C20H21F3N2O4. The Bertz CT molecular complexity index is 848. The SMILES string of the molecule is COc1ccc(CC(C)(O)CNC(=O)C(=O)Nc2ccc(C(F)(F)F)cc2)cc1. The van der Waals surface area contributed by atoms with E-state index in [2.05, 4.69) is 10.6 Å². The summed E-state index contributed by atoms with van der Waals surface area (Å²) in [6, 6.07) is 10.7. The number of carbonyl (C=O) groups excluding carboxylic acids is 2. The van der Waals surface area contributed by atoms with Gasteiger partial charge in [0.05, 0.1) is 18.3 Å². The van der Waals surface area contributed by atoms with Crippen LogP contribution in [0.1, 0.15) is 18.1 Å². The molecule has 0 aliphatic carbocycles. The standard InChI is InChI=1S/C20H21F3N2O4/c1-19(28,11-13-3-9-16(29-2)10-4-13)12-24-17(26)18(27)25-15-7-5-14(6-8-15)20(21,22)23/h3-10,28H,11-12H2,1-2H3,(H,24,26)(H,25,27). The zero-order valence-electron chi connectivity index (χ0n) is 15.8. The maximum absolute atomic E-state index is 12.5. The molecule has 0 fully saturated rings. The van der Waals surface area contributed by atoms with Crippen LogP contribution in [0.3, 0.4) is 0 Å².